The molecule has 1 aliphatic rings. The number of para-hydroxylation sites is 1. The van der Waals surface area contributed by atoms with E-state index < -0.39 is 6.10 Å². The van der Waals surface area contributed by atoms with Crippen LogP contribution in [0.1, 0.15) is 30.9 Å². The number of likely N-dealkylation sites (N-methyl/N-ethyl adjacent to an activating group) is 1. The van der Waals surface area contributed by atoms with Crippen LogP contribution in [0.5, 0.6) is 5.75 Å². The number of nitrogens with zero attached hydrogens (tertiary/aromatic N) is 1. The molecule has 1 unspecified atom stereocenters. The molecule has 23 heavy (non-hydrogen) atoms. The fourth-order valence-corrected chi connectivity index (χ4v) is 3.09. The number of benzene rings is 2. The molecule has 120 valence electrons. The molecule has 0 spiro atoms. The molecule has 0 saturated heterocycles. The number of fused-ring (bicyclic) bond motifs is 1. The maximum atomic E-state index is 12.5. The van der Waals surface area contributed by atoms with E-state index in [-0.39, 0.29) is 5.91 Å². The van der Waals surface area contributed by atoms with Crippen molar-refractivity contribution < 1.29 is 9.53 Å². The molecular formula is C20H23NO2. The van der Waals surface area contributed by atoms with E-state index in [0.29, 0.717) is 0 Å². The van der Waals surface area contributed by atoms with E-state index in [1.165, 1.54) is 24.0 Å². The summed E-state index contributed by atoms with van der Waals surface area (Å²) in [7, 11) is 1.78. The van der Waals surface area contributed by atoms with Crippen LogP contribution < -0.4 is 9.64 Å². The van der Waals surface area contributed by atoms with Crippen LogP contribution in [0, 0.1) is 0 Å². The van der Waals surface area contributed by atoms with Crippen molar-refractivity contribution >= 4 is 11.6 Å². The lowest BCUT2D eigenvalue weighted by Crippen LogP contribution is -2.38. The molecule has 2 aromatic carbocycles. The van der Waals surface area contributed by atoms with E-state index in [9.17, 15) is 4.79 Å². The van der Waals surface area contributed by atoms with Gasteiger partial charge in [-0.15, -0.1) is 0 Å². The van der Waals surface area contributed by atoms with E-state index in [1.54, 1.807) is 18.9 Å². The summed E-state index contributed by atoms with van der Waals surface area (Å²) in [6.07, 6.45) is 4.26. The Morgan fingerprint density at radius 1 is 1.04 bits per heavy atom. The number of rotatable bonds is 4. The van der Waals surface area contributed by atoms with Gasteiger partial charge in [-0.3, -0.25) is 4.79 Å². The minimum absolute atomic E-state index is 0.0473. The van der Waals surface area contributed by atoms with Gasteiger partial charge in [0.15, 0.2) is 6.10 Å². The fourth-order valence-electron chi connectivity index (χ4n) is 3.09. The number of carbonyl (C=O) groups excluding carboxylic acids is 1. The van der Waals surface area contributed by atoms with Crippen molar-refractivity contribution in [3.8, 4) is 5.75 Å². The predicted octanol–water partition coefficient (Wildman–Crippen LogP) is 4.00. The van der Waals surface area contributed by atoms with Gasteiger partial charge < -0.3 is 9.64 Å². The number of carbonyl (C=O) groups is 1. The number of hydrogen-bond donors (Lipinski definition) is 0. The van der Waals surface area contributed by atoms with Gasteiger partial charge in [0, 0.05) is 12.7 Å². The normalized spacial score (nSPS) is 14.7. The molecule has 3 rings (SSSR count). The first-order valence-electron chi connectivity index (χ1n) is 8.26. The van der Waals surface area contributed by atoms with E-state index in [2.05, 4.69) is 12.1 Å². The van der Waals surface area contributed by atoms with Crippen molar-refractivity contribution in [3.63, 3.8) is 0 Å². The molecule has 0 aromatic heterocycles. The minimum atomic E-state index is -0.512. The highest BCUT2D eigenvalue weighted by Crippen LogP contribution is 2.26. The van der Waals surface area contributed by atoms with Gasteiger partial charge in [0.25, 0.3) is 5.91 Å². The smallest absolute Gasteiger partial charge is 0.267 e. The molecule has 2 aromatic rings. The Balaban J connectivity index is 1.69. The highest BCUT2D eigenvalue weighted by molar-refractivity contribution is 5.95. The molecule has 3 heteroatoms. The van der Waals surface area contributed by atoms with Crippen LogP contribution in [-0.4, -0.2) is 19.1 Å². The molecule has 0 fully saturated rings. The summed E-state index contributed by atoms with van der Waals surface area (Å²) in [5.74, 6) is 0.738. The molecule has 1 aliphatic carbocycles. The predicted molar refractivity (Wildman–Crippen MR) is 93.0 cm³/mol. The van der Waals surface area contributed by atoms with Crippen LogP contribution in [0.25, 0.3) is 0 Å². The summed E-state index contributed by atoms with van der Waals surface area (Å²) in [5.41, 5.74) is 3.66. The van der Waals surface area contributed by atoms with Crippen molar-refractivity contribution in [2.24, 2.45) is 0 Å². The number of amides is 1. The van der Waals surface area contributed by atoms with Crippen molar-refractivity contribution in [1.82, 2.24) is 0 Å². The van der Waals surface area contributed by atoms with Crippen LogP contribution in [0.15, 0.2) is 48.5 Å². The van der Waals surface area contributed by atoms with Gasteiger partial charge in [0.05, 0.1) is 0 Å². The molecular weight excluding hydrogens is 286 g/mol. The highest BCUT2D eigenvalue weighted by Gasteiger charge is 2.21. The zero-order valence-electron chi connectivity index (χ0n) is 13.8. The van der Waals surface area contributed by atoms with Crippen molar-refractivity contribution in [1.29, 1.82) is 0 Å². The van der Waals surface area contributed by atoms with Crippen molar-refractivity contribution in [3.05, 3.63) is 59.7 Å². The third-order valence-corrected chi connectivity index (χ3v) is 4.45. The summed E-state index contributed by atoms with van der Waals surface area (Å²) in [5, 5.41) is 0. The van der Waals surface area contributed by atoms with Crippen LogP contribution >= 0.6 is 0 Å². The first kappa shape index (κ1) is 15.6. The van der Waals surface area contributed by atoms with Gasteiger partial charge in [0.1, 0.15) is 5.75 Å². The van der Waals surface area contributed by atoms with Crippen LogP contribution in [-0.2, 0) is 17.6 Å². The topological polar surface area (TPSA) is 29.5 Å². The van der Waals surface area contributed by atoms with E-state index in [1.807, 2.05) is 36.4 Å². The summed E-state index contributed by atoms with van der Waals surface area (Å²) >= 11 is 0. The third-order valence-electron chi connectivity index (χ3n) is 4.45. The van der Waals surface area contributed by atoms with Crippen LogP contribution in [0.4, 0.5) is 5.69 Å². The number of hydrogen-bond acceptors (Lipinski definition) is 2. The molecule has 0 saturated carbocycles. The quantitative estimate of drug-likeness (QED) is 0.854. The summed E-state index contributed by atoms with van der Waals surface area (Å²) < 4.78 is 5.89. The summed E-state index contributed by atoms with van der Waals surface area (Å²) in [6.45, 7) is 1.81. The lowest BCUT2D eigenvalue weighted by Gasteiger charge is -2.23. The highest BCUT2D eigenvalue weighted by atomic mass is 16.5. The van der Waals surface area contributed by atoms with E-state index >= 15 is 0 Å². The molecule has 0 N–H and O–H groups in total. The molecule has 0 heterocycles. The largest absolute Gasteiger partial charge is 0.481 e. The molecule has 1 amide bonds. The Labute approximate surface area is 137 Å². The Morgan fingerprint density at radius 2 is 1.74 bits per heavy atom. The Morgan fingerprint density at radius 3 is 2.48 bits per heavy atom. The van der Waals surface area contributed by atoms with Crippen LogP contribution in [0.3, 0.4) is 0 Å². The Hall–Kier alpha value is -2.29. The molecule has 0 radical (unpaired) electrons. The second kappa shape index (κ2) is 6.86. The zero-order chi connectivity index (χ0) is 16.2. The third kappa shape index (κ3) is 3.55. The summed E-state index contributed by atoms with van der Waals surface area (Å²) in [4.78, 5) is 14.2. The molecule has 1 atom stereocenters. The summed E-state index contributed by atoms with van der Waals surface area (Å²) in [6, 6.07) is 15.9. The second-order valence-corrected chi connectivity index (χ2v) is 6.13. The van der Waals surface area contributed by atoms with Gasteiger partial charge >= 0.3 is 0 Å². The van der Waals surface area contributed by atoms with Gasteiger partial charge in [-0.25, -0.2) is 0 Å². The van der Waals surface area contributed by atoms with Gasteiger partial charge in [-0.2, -0.15) is 0 Å². The maximum absolute atomic E-state index is 12.5. The second-order valence-electron chi connectivity index (χ2n) is 6.13. The Bertz CT molecular complexity index is 681. The Kier molecular flexibility index (Phi) is 4.65. The van der Waals surface area contributed by atoms with E-state index in [0.717, 1.165) is 24.3 Å². The van der Waals surface area contributed by atoms with Gasteiger partial charge in [-0.1, -0.05) is 24.3 Å². The average Bonchev–Trinajstić information content (AvgIpc) is 2.61. The van der Waals surface area contributed by atoms with Crippen molar-refractivity contribution in [2.75, 3.05) is 11.9 Å². The van der Waals surface area contributed by atoms with Crippen LogP contribution in [0.2, 0.25) is 0 Å². The fraction of sp³-hybridized carbons (Fsp3) is 0.350. The lowest BCUT2D eigenvalue weighted by atomic mass is 9.92. The maximum Gasteiger partial charge on any atom is 0.267 e. The molecule has 3 nitrogen and oxygen atoms in total. The zero-order valence-corrected chi connectivity index (χ0v) is 13.8. The van der Waals surface area contributed by atoms with Gasteiger partial charge in [0.2, 0.25) is 0 Å². The first-order valence-corrected chi connectivity index (χ1v) is 8.26. The number of ether oxygens (including phenoxy) is 1. The lowest BCUT2D eigenvalue weighted by molar-refractivity contribution is -0.124. The van der Waals surface area contributed by atoms with Crippen molar-refractivity contribution in [2.45, 2.75) is 38.7 Å². The SMILES string of the molecule is CC(Oc1ccc2c(c1)CCCC2)C(=O)N(C)c1ccccc1. The molecule has 0 aliphatic heterocycles. The standard InChI is InChI=1S/C20H23NO2/c1-15(20(22)21(2)18-10-4-3-5-11-18)23-19-13-12-16-8-6-7-9-17(16)14-19/h3-5,10-15H,6-9H2,1-2H3. The number of aryl methyl sites for hydroxylation is 2. The first-order chi connectivity index (χ1) is 11.1. The monoisotopic (exact) mass is 309 g/mol. The average molecular weight is 309 g/mol. The van der Waals surface area contributed by atoms with E-state index in [4.69, 9.17) is 4.74 Å². The molecule has 0 bridgehead atoms. The van der Waals surface area contributed by atoms with Gasteiger partial charge in [-0.05, 0) is 68.0 Å². The number of anilines is 1. The minimum Gasteiger partial charge on any atom is -0.481 e.